The Morgan fingerprint density at radius 1 is 0.892 bits per heavy atom. The summed E-state index contributed by atoms with van der Waals surface area (Å²) >= 11 is 0. The van der Waals surface area contributed by atoms with Gasteiger partial charge in [0.2, 0.25) is 6.23 Å². The number of rotatable bonds is 11. The maximum absolute atomic E-state index is 6.53. The van der Waals surface area contributed by atoms with Gasteiger partial charge in [-0.1, -0.05) is 44.9 Å². The van der Waals surface area contributed by atoms with E-state index in [0.29, 0.717) is 12.4 Å². The van der Waals surface area contributed by atoms with Gasteiger partial charge in [-0.2, -0.15) is 5.10 Å². The summed E-state index contributed by atoms with van der Waals surface area (Å²) in [5.41, 5.74) is 4.28. The van der Waals surface area contributed by atoms with Crippen LogP contribution in [0.1, 0.15) is 74.9 Å². The maximum Gasteiger partial charge on any atom is 0.214 e. The molecule has 0 N–H and O–H groups in total. The molecule has 2 aliphatic heterocycles. The second-order valence-electron chi connectivity index (χ2n) is 9.49. The second-order valence-corrected chi connectivity index (χ2v) is 9.49. The quantitative estimate of drug-likeness (QED) is 0.259. The van der Waals surface area contributed by atoms with Crippen molar-refractivity contribution in [2.75, 3.05) is 20.3 Å². The second kappa shape index (κ2) is 11.6. The van der Waals surface area contributed by atoms with Crippen LogP contribution in [0.25, 0.3) is 0 Å². The van der Waals surface area contributed by atoms with Crippen molar-refractivity contribution in [1.29, 1.82) is 0 Å². The average Bonchev–Trinajstić information content (AvgIpc) is 3.39. The zero-order valence-electron chi connectivity index (χ0n) is 22.0. The number of unbranched alkanes of at least 4 members (excludes halogenated alkanes) is 2. The summed E-state index contributed by atoms with van der Waals surface area (Å²) in [6.07, 6.45) is 4.71. The highest BCUT2D eigenvalue weighted by atomic mass is 16.5. The van der Waals surface area contributed by atoms with E-state index in [1.54, 1.807) is 7.11 Å². The number of methoxy groups -OCH3 is 1. The molecule has 0 fully saturated rings. The van der Waals surface area contributed by atoms with Gasteiger partial charge in [0.1, 0.15) is 11.5 Å². The molecule has 194 valence electrons. The van der Waals surface area contributed by atoms with Crippen molar-refractivity contribution in [2.45, 2.75) is 58.2 Å². The van der Waals surface area contributed by atoms with Crippen molar-refractivity contribution in [1.82, 2.24) is 5.01 Å². The fourth-order valence-corrected chi connectivity index (χ4v) is 4.79. The number of ether oxygens (including phenoxy) is 4. The van der Waals surface area contributed by atoms with Crippen LogP contribution >= 0.6 is 0 Å². The third-order valence-electron chi connectivity index (χ3n) is 6.88. The molecule has 2 atom stereocenters. The molecule has 3 aromatic rings. The van der Waals surface area contributed by atoms with Gasteiger partial charge in [-0.15, -0.1) is 0 Å². The summed E-state index contributed by atoms with van der Waals surface area (Å²) in [4.78, 5) is 0. The zero-order chi connectivity index (χ0) is 25.6. The van der Waals surface area contributed by atoms with Gasteiger partial charge in [0.15, 0.2) is 11.5 Å². The van der Waals surface area contributed by atoms with Crippen molar-refractivity contribution in [2.24, 2.45) is 5.10 Å². The van der Waals surface area contributed by atoms with E-state index in [-0.39, 0.29) is 12.3 Å². The fourth-order valence-electron chi connectivity index (χ4n) is 4.79. The van der Waals surface area contributed by atoms with E-state index in [1.807, 2.05) is 36.4 Å². The van der Waals surface area contributed by atoms with Crippen molar-refractivity contribution in [3.63, 3.8) is 0 Å². The highest BCUT2D eigenvalue weighted by molar-refractivity contribution is 6.02. The highest BCUT2D eigenvalue weighted by Gasteiger charge is 2.41. The Morgan fingerprint density at radius 3 is 2.41 bits per heavy atom. The predicted octanol–water partition coefficient (Wildman–Crippen LogP) is 7.30. The van der Waals surface area contributed by atoms with Gasteiger partial charge in [-0.25, -0.2) is 5.01 Å². The lowest BCUT2D eigenvalue weighted by atomic mass is 9.96. The summed E-state index contributed by atoms with van der Waals surface area (Å²) in [5, 5.41) is 7.19. The van der Waals surface area contributed by atoms with Gasteiger partial charge in [-0.05, 0) is 66.9 Å². The Bertz CT molecular complexity index is 1220. The number of para-hydroxylation sites is 1. The highest BCUT2D eigenvalue weighted by Crippen LogP contribution is 2.48. The number of hydrazone groups is 1. The normalized spacial score (nSPS) is 17.9. The lowest BCUT2D eigenvalue weighted by Gasteiger charge is -2.38. The molecule has 6 heteroatoms. The third-order valence-corrected chi connectivity index (χ3v) is 6.88. The van der Waals surface area contributed by atoms with Crippen LogP contribution in [0.3, 0.4) is 0 Å². The first-order valence-corrected chi connectivity index (χ1v) is 13.4. The van der Waals surface area contributed by atoms with Crippen LogP contribution in [0, 0.1) is 0 Å². The van der Waals surface area contributed by atoms with Gasteiger partial charge in [0.25, 0.3) is 0 Å². The van der Waals surface area contributed by atoms with Gasteiger partial charge in [0.05, 0.1) is 32.1 Å². The Labute approximate surface area is 219 Å². The minimum atomic E-state index is -0.368. The molecule has 0 amide bonds. The molecular weight excluding hydrogens is 464 g/mol. The van der Waals surface area contributed by atoms with Crippen LogP contribution in [0.2, 0.25) is 0 Å². The minimum absolute atomic E-state index is 0.0944. The van der Waals surface area contributed by atoms with Crippen LogP contribution in [0.4, 0.5) is 0 Å². The molecule has 2 heterocycles. The maximum atomic E-state index is 6.53. The van der Waals surface area contributed by atoms with Crippen molar-refractivity contribution >= 4 is 5.71 Å². The van der Waals surface area contributed by atoms with Crippen LogP contribution in [-0.4, -0.2) is 31.0 Å². The summed E-state index contributed by atoms with van der Waals surface area (Å²) in [6.45, 7) is 5.73. The summed E-state index contributed by atoms with van der Waals surface area (Å²) in [6, 6.07) is 22.7. The molecule has 0 spiro atoms. The summed E-state index contributed by atoms with van der Waals surface area (Å²) < 4.78 is 24.0. The van der Waals surface area contributed by atoms with Gasteiger partial charge in [0, 0.05) is 17.5 Å². The fraction of sp³-hybridized carbons (Fsp3) is 0.387. The Hall–Kier alpha value is -3.67. The number of fused-ring (bicyclic) bond motifs is 3. The van der Waals surface area contributed by atoms with E-state index in [0.717, 1.165) is 78.4 Å². The van der Waals surface area contributed by atoms with E-state index in [2.05, 4.69) is 49.2 Å². The first-order chi connectivity index (χ1) is 18.2. The molecule has 0 aromatic heterocycles. The van der Waals surface area contributed by atoms with E-state index in [1.165, 1.54) is 0 Å². The molecule has 0 radical (unpaired) electrons. The van der Waals surface area contributed by atoms with Crippen LogP contribution < -0.4 is 18.9 Å². The molecule has 0 saturated heterocycles. The Morgan fingerprint density at radius 2 is 1.65 bits per heavy atom. The molecule has 2 aliphatic rings. The largest absolute Gasteiger partial charge is 0.494 e. The molecule has 3 aromatic carbocycles. The molecule has 37 heavy (non-hydrogen) atoms. The molecule has 5 rings (SSSR count). The molecule has 6 nitrogen and oxygen atoms in total. The SMILES string of the molecule is CCCCOc1ccc(C2=NN3[C@H](C2)c2ccccc2O[C@H]3c2ccc(OCCCC)c(OC)c2)cc1. The lowest BCUT2D eigenvalue weighted by Crippen LogP contribution is -2.33. The van der Waals surface area contributed by atoms with Crippen LogP contribution in [0.5, 0.6) is 23.0 Å². The molecule has 0 unspecified atom stereocenters. The zero-order valence-corrected chi connectivity index (χ0v) is 22.0. The average molecular weight is 501 g/mol. The molecule has 0 aliphatic carbocycles. The van der Waals surface area contributed by atoms with E-state index in [9.17, 15) is 0 Å². The third kappa shape index (κ3) is 5.38. The van der Waals surface area contributed by atoms with Gasteiger partial charge < -0.3 is 18.9 Å². The smallest absolute Gasteiger partial charge is 0.214 e. The summed E-state index contributed by atoms with van der Waals surface area (Å²) in [5.74, 6) is 3.24. The van der Waals surface area contributed by atoms with Crippen molar-refractivity contribution < 1.29 is 18.9 Å². The number of nitrogens with zero attached hydrogens (tertiary/aromatic N) is 2. The number of benzene rings is 3. The molecular formula is C31H36N2O4. The lowest BCUT2D eigenvalue weighted by molar-refractivity contribution is -0.0191. The standard InChI is InChI=1S/C31H36N2O4/c1-4-6-18-35-24-15-12-22(13-16-24)26-21-27-25-10-8-9-11-28(25)37-31(33(27)32-26)23-14-17-29(30(20-23)34-3)36-19-7-5-2/h8-17,20,27,31H,4-7,18-19,21H2,1-3H3/t27-,31+/m1/s1. The number of hydrogen-bond donors (Lipinski definition) is 0. The van der Waals surface area contributed by atoms with Crippen LogP contribution in [0.15, 0.2) is 71.8 Å². The monoisotopic (exact) mass is 500 g/mol. The van der Waals surface area contributed by atoms with Crippen molar-refractivity contribution in [3.05, 3.63) is 83.4 Å². The Kier molecular flexibility index (Phi) is 7.83. The van der Waals surface area contributed by atoms with Gasteiger partial charge >= 0.3 is 0 Å². The van der Waals surface area contributed by atoms with E-state index >= 15 is 0 Å². The van der Waals surface area contributed by atoms with E-state index < -0.39 is 0 Å². The van der Waals surface area contributed by atoms with Crippen LogP contribution in [-0.2, 0) is 0 Å². The molecule has 0 saturated carbocycles. The Balaban J connectivity index is 1.43. The first kappa shape index (κ1) is 25.0. The number of hydrogen-bond acceptors (Lipinski definition) is 6. The van der Waals surface area contributed by atoms with Crippen molar-refractivity contribution in [3.8, 4) is 23.0 Å². The van der Waals surface area contributed by atoms with E-state index in [4.69, 9.17) is 24.0 Å². The first-order valence-electron chi connectivity index (χ1n) is 13.4. The molecule has 0 bridgehead atoms. The minimum Gasteiger partial charge on any atom is -0.494 e. The predicted molar refractivity (Wildman–Crippen MR) is 146 cm³/mol. The van der Waals surface area contributed by atoms with Gasteiger partial charge in [-0.3, -0.25) is 0 Å². The topological polar surface area (TPSA) is 52.5 Å². The summed E-state index contributed by atoms with van der Waals surface area (Å²) in [7, 11) is 1.67.